The number of rotatable bonds is 26. The number of hydrogen-bond acceptors (Lipinski definition) is 12. The van der Waals surface area contributed by atoms with Gasteiger partial charge in [0.1, 0.15) is 6.61 Å². The van der Waals surface area contributed by atoms with Crippen LogP contribution in [0, 0.1) is 0 Å². The summed E-state index contributed by atoms with van der Waals surface area (Å²) in [6.07, 6.45) is 32.2. The van der Waals surface area contributed by atoms with E-state index in [1.165, 1.54) is 18.3 Å². The summed E-state index contributed by atoms with van der Waals surface area (Å²) in [5.41, 5.74) is -0.0825. The summed E-state index contributed by atoms with van der Waals surface area (Å²) in [4.78, 5) is 53.3. The van der Waals surface area contributed by atoms with Gasteiger partial charge in [-0.15, -0.1) is 0 Å². The fraction of sp³-hybridized carbons (Fsp3) is 0.526. The standard InChI is InChI=1S/C38H54NO9PS2/c1-3-4-5-6-7-8-9-10-11-12-13-14-15-16-17-18-19-25-36(41)47-34(31-45-35(40)24-20-21-26-38(2)27-29-50-51-38)32-46-49(43,44)48-37(42)33-23-22-28-39-30-33/h4-5,7-8,10-11,13-14,16-17,22-23,28,30,34H,3,6,9,12,15,18-21,24-27,29,31-32H2,1-2H3,(H,43,44)/p-1/b5-4-,8-7-,11-10-,14-13-,17-16-/t34-,38-/m1/s1. The van der Waals surface area contributed by atoms with Crippen LogP contribution in [0.1, 0.15) is 108 Å². The number of allylic oxidation sites excluding steroid dienone is 10. The van der Waals surface area contributed by atoms with Crippen LogP contribution in [-0.2, 0) is 32.7 Å². The smallest absolute Gasteiger partial charge is 0.345 e. The Morgan fingerprint density at radius 1 is 0.922 bits per heavy atom. The lowest BCUT2D eigenvalue weighted by Crippen LogP contribution is -2.30. The largest absolute Gasteiger partial charge is 0.746 e. The molecular weight excluding hydrogens is 710 g/mol. The number of aromatic nitrogens is 1. The lowest BCUT2D eigenvalue weighted by Gasteiger charge is -2.25. The second-order valence-electron chi connectivity index (χ2n) is 12.1. The molecule has 1 aliphatic rings. The molecule has 51 heavy (non-hydrogen) atoms. The van der Waals surface area contributed by atoms with E-state index in [1.807, 2.05) is 33.7 Å². The van der Waals surface area contributed by atoms with Gasteiger partial charge < -0.3 is 23.4 Å². The van der Waals surface area contributed by atoms with Crippen LogP contribution >= 0.6 is 29.4 Å². The predicted octanol–water partition coefficient (Wildman–Crippen LogP) is 9.20. The minimum Gasteiger partial charge on any atom is -0.746 e. The zero-order valence-electron chi connectivity index (χ0n) is 29.9. The normalized spacial score (nSPS) is 18.3. The third-order valence-electron chi connectivity index (χ3n) is 7.46. The molecule has 0 radical (unpaired) electrons. The van der Waals surface area contributed by atoms with Crippen LogP contribution in [0.2, 0.25) is 0 Å². The molecule has 0 saturated carbocycles. The zero-order chi connectivity index (χ0) is 37.0. The van der Waals surface area contributed by atoms with Gasteiger partial charge in [0.2, 0.25) is 0 Å². The first-order valence-electron chi connectivity index (χ1n) is 17.6. The van der Waals surface area contributed by atoms with Crippen LogP contribution in [0.15, 0.2) is 85.3 Å². The third kappa shape index (κ3) is 22.6. The third-order valence-corrected chi connectivity index (χ3v) is 11.7. The highest BCUT2D eigenvalue weighted by molar-refractivity contribution is 8.77. The first kappa shape index (κ1) is 44.3. The maximum Gasteiger partial charge on any atom is 0.345 e. The van der Waals surface area contributed by atoms with Crippen LogP contribution in [0.25, 0.3) is 0 Å². The average molecular weight is 763 g/mol. The van der Waals surface area contributed by atoms with E-state index in [9.17, 15) is 23.8 Å². The molecular formula is C38H53NO9PS2-. The minimum atomic E-state index is -5.14. The van der Waals surface area contributed by atoms with Gasteiger partial charge in [0.15, 0.2) is 6.10 Å². The van der Waals surface area contributed by atoms with E-state index < -0.39 is 45.0 Å². The summed E-state index contributed by atoms with van der Waals surface area (Å²) in [7, 11) is -1.37. The van der Waals surface area contributed by atoms with Gasteiger partial charge in [-0.3, -0.25) is 19.1 Å². The summed E-state index contributed by atoms with van der Waals surface area (Å²) >= 11 is 0. The number of ether oxygens (including phenoxy) is 2. The molecule has 1 unspecified atom stereocenters. The van der Waals surface area contributed by atoms with Crippen LogP contribution in [0.5, 0.6) is 0 Å². The molecule has 0 amide bonds. The van der Waals surface area contributed by atoms with Gasteiger partial charge in [0.25, 0.3) is 0 Å². The van der Waals surface area contributed by atoms with Crippen LogP contribution < -0.4 is 4.89 Å². The molecule has 0 N–H and O–H groups in total. The van der Waals surface area contributed by atoms with Gasteiger partial charge >= 0.3 is 25.7 Å². The molecule has 13 heteroatoms. The molecule has 1 aromatic heterocycles. The van der Waals surface area contributed by atoms with Gasteiger partial charge in [-0.25, -0.2) is 4.79 Å². The Kier molecular flexibility index (Phi) is 23.3. The average Bonchev–Trinajstić information content (AvgIpc) is 3.55. The zero-order valence-corrected chi connectivity index (χ0v) is 32.4. The number of esters is 2. The fourth-order valence-electron chi connectivity index (χ4n) is 4.61. The topological polar surface area (TPSA) is 141 Å². The second kappa shape index (κ2) is 26.8. The highest BCUT2D eigenvalue weighted by Crippen LogP contribution is 2.49. The number of carbonyl (C=O) groups excluding carboxylic acids is 3. The number of phosphoric acid groups is 1. The summed E-state index contributed by atoms with van der Waals surface area (Å²) in [5.74, 6) is -1.12. The number of phosphoric ester groups is 1. The summed E-state index contributed by atoms with van der Waals surface area (Å²) < 4.78 is 32.7. The van der Waals surface area contributed by atoms with Crippen molar-refractivity contribution < 1.29 is 42.4 Å². The van der Waals surface area contributed by atoms with E-state index in [1.54, 1.807) is 0 Å². The van der Waals surface area contributed by atoms with Crippen molar-refractivity contribution in [1.82, 2.24) is 4.98 Å². The molecule has 1 fully saturated rings. The first-order chi connectivity index (χ1) is 24.6. The van der Waals surface area contributed by atoms with Crippen molar-refractivity contribution >= 4 is 47.3 Å². The molecule has 0 aliphatic carbocycles. The van der Waals surface area contributed by atoms with E-state index in [2.05, 4.69) is 72.0 Å². The number of nitrogens with zero attached hydrogens (tertiary/aromatic N) is 1. The van der Waals surface area contributed by atoms with Crippen molar-refractivity contribution in [3.8, 4) is 0 Å². The van der Waals surface area contributed by atoms with E-state index in [-0.39, 0.29) is 23.2 Å². The van der Waals surface area contributed by atoms with Crippen LogP contribution in [0.3, 0.4) is 0 Å². The lowest BCUT2D eigenvalue weighted by atomic mass is 9.99. The van der Waals surface area contributed by atoms with Crippen molar-refractivity contribution in [3.05, 3.63) is 90.9 Å². The van der Waals surface area contributed by atoms with Gasteiger partial charge in [-0.05, 0) is 83.3 Å². The molecule has 0 aromatic carbocycles. The molecule has 282 valence electrons. The molecule has 0 bridgehead atoms. The minimum absolute atomic E-state index is 0.0683. The number of carbonyl (C=O) groups is 3. The quantitative estimate of drug-likeness (QED) is 0.0292. The molecule has 3 atom stereocenters. The summed E-state index contributed by atoms with van der Waals surface area (Å²) in [6, 6.07) is 2.79. The van der Waals surface area contributed by atoms with Gasteiger partial charge in [-0.2, -0.15) is 0 Å². The number of pyridine rings is 1. The predicted molar refractivity (Wildman–Crippen MR) is 204 cm³/mol. The Bertz CT molecular complexity index is 1360. The van der Waals surface area contributed by atoms with Gasteiger partial charge in [0.05, 0.1) is 12.2 Å². The second-order valence-corrected chi connectivity index (χ2v) is 16.4. The fourth-order valence-corrected chi connectivity index (χ4v) is 8.62. The molecule has 1 saturated heterocycles. The van der Waals surface area contributed by atoms with Crippen molar-refractivity contribution in [2.75, 3.05) is 19.0 Å². The molecule has 1 aromatic rings. The van der Waals surface area contributed by atoms with E-state index in [0.29, 0.717) is 19.3 Å². The highest BCUT2D eigenvalue weighted by atomic mass is 33.1. The van der Waals surface area contributed by atoms with Crippen molar-refractivity contribution in [2.24, 2.45) is 0 Å². The lowest BCUT2D eigenvalue weighted by molar-refractivity contribution is -0.222. The SMILES string of the molecule is CC/C=C\C/C=C\C/C=C\C/C=C\C/C=C\CCCC(=O)O[C@H](COC(=O)CCCC[C@]1(C)CCSS1)COP(=O)([O-])OC(=O)c1cccnc1. The monoisotopic (exact) mass is 762 g/mol. The highest BCUT2D eigenvalue weighted by Gasteiger charge is 2.30. The Balaban J connectivity index is 1.74. The van der Waals surface area contributed by atoms with Gasteiger partial charge in [-0.1, -0.05) is 95.7 Å². The molecule has 10 nitrogen and oxygen atoms in total. The Morgan fingerprint density at radius 2 is 1.57 bits per heavy atom. The first-order valence-corrected chi connectivity index (χ1v) is 21.4. The van der Waals surface area contributed by atoms with Crippen LogP contribution in [-0.4, -0.2) is 52.7 Å². The summed E-state index contributed by atoms with van der Waals surface area (Å²) in [5, 5.41) is 0. The maximum atomic E-state index is 12.6. The van der Waals surface area contributed by atoms with Gasteiger partial charge in [0, 0.05) is 35.7 Å². The van der Waals surface area contributed by atoms with E-state index >= 15 is 0 Å². The van der Waals surface area contributed by atoms with E-state index in [0.717, 1.165) is 63.3 Å². The van der Waals surface area contributed by atoms with Crippen molar-refractivity contribution in [3.63, 3.8) is 0 Å². The maximum absolute atomic E-state index is 12.6. The Morgan fingerprint density at radius 3 is 2.18 bits per heavy atom. The van der Waals surface area contributed by atoms with Crippen molar-refractivity contribution in [1.29, 1.82) is 0 Å². The molecule has 2 rings (SSSR count). The number of hydrogen-bond donors (Lipinski definition) is 0. The molecule has 0 spiro atoms. The van der Waals surface area contributed by atoms with E-state index in [4.69, 9.17) is 14.0 Å². The Hall–Kier alpha value is -2.89. The number of unbranched alkanes of at least 4 members (excludes halogenated alkanes) is 2. The Labute approximate surface area is 311 Å². The molecule has 1 aliphatic heterocycles. The van der Waals surface area contributed by atoms with Crippen LogP contribution in [0.4, 0.5) is 0 Å². The van der Waals surface area contributed by atoms with Crippen molar-refractivity contribution in [2.45, 2.75) is 108 Å². The molecule has 2 heterocycles. The summed E-state index contributed by atoms with van der Waals surface area (Å²) in [6.45, 7) is 3.27.